The van der Waals surface area contributed by atoms with Crippen LogP contribution in [-0.4, -0.2) is 0 Å². The first-order valence-corrected chi connectivity index (χ1v) is 5.32. The summed E-state index contributed by atoms with van der Waals surface area (Å²) in [5.41, 5.74) is 8.07. The summed E-state index contributed by atoms with van der Waals surface area (Å²) in [4.78, 5) is 0. The Labute approximate surface area is 98.7 Å². The van der Waals surface area contributed by atoms with E-state index in [0.717, 1.165) is 11.1 Å². The van der Waals surface area contributed by atoms with E-state index in [9.17, 15) is 4.39 Å². The molecule has 0 saturated heterocycles. The second-order valence-electron chi connectivity index (χ2n) is 3.61. The lowest BCUT2D eigenvalue weighted by Crippen LogP contribution is -1.97. The molecule has 16 heavy (non-hydrogen) atoms. The van der Waals surface area contributed by atoms with Crippen LogP contribution in [0.15, 0.2) is 42.5 Å². The molecule has 3 heteroatoms. The first-order valence-electron chi connectivity index (χ1n) is 4.94. The molecular formula is C13H11ClFN. The van der Waals surface area contributed by atoms with Gasteiger partial charge in [0.1, 0.15) is 5.82 Å². The largest absolute Gasteiger partial charge is 0.398 e. The molecule has 0 aliphatic heterocycles. The van der Waals surface area contributed by atoms with Crippen molar-refractivity contribution in [3.8, 4) is 0 Å². The lowest BCUT2D eigenvalue weighted by atomic mass is 10.0. The Balaban J connectivity index is 2.31. The molecule has 0 aliphatic rings. The number of benzene rings is 2. The molecule has 2 N–H and O–H groups in total. The van der Waals surface area contributed by atoms with Crippen LogP contribution < -0.4 is 5.73 Å². The highest BCUT2D eigenvalue weighted by atomic mass is 35.5. The van der Waals surface area contributed by atoms with E-state index in [1.54, 1.807) is 6.07 Å². The summed E-state index contributed by atoms with van der Waals surface area (Å²) in [5, 5.41) is 0.700. The summed E-state index contributed by atoms with van der Waals surface area (Å²) < 4.78 is 12.9. The Morgan fingerprint density at radius 1 is 1.06 bits per heavy atom. The zero-order valence-electron chi connectivity index (χ0n) is 8.58. The molecule has 0 radical (unpaired) electrons. The molecule has 0 aliphatic carbocycles. The quantitative estimate of drug-likeness (QED) is 0.790. The van der Waals surface area contributed by atoms with Crippen molar-refractivity contribution in [2.45, 2.75) is 6.42 Å². The topological polar surface area (TPSA) is 26.0 Å². The molecule has 0 fully saturated rings. The molecule has 2 aromatic rings. The van der Waals surface area contributed by atoms with Crippen LogP contribution in [0.2, 0.25) is 5.02 Å². The van der Waals surface area contributed by atoms with E-state index >= 15 is 0 Å². The molecule has 0 atom stereocenters. The average Bonchev–Trinajstić information content (AvgIpc) is 2.25. The Hall–Kier alpha value is -1.54. The van der Waals surface area contributed by atoms with Gasteiger partial charge in [-0.1, -0.05) is 35.9 Å². The van der Waals surface area contributed by atoms with E-state index in [1.165, 1.54) is 12.1 Å². The Bertz CT molecular complexity index is 511. The van der Waals surface area contributed by atoms with Gasteiger partial charge in [0.25, 0.3) is 0 Å². The van der Waals surface area contributed by atoms with Crippen LogP contribution in [0, 0.1) is 5.82 Å². The van der Waals surface area contributed by atoms with Crippen molar-refractivity contribution in [3.63, 3.8) is 0 Å². The minimum atomic E-state index is -0.319. The van der Waals surface area contributed by atoms with Crippen LogP contribution >= 0.6 is 11.6 Å². The molecule has 0 spiro atoms. The average molecular weight is 236 g/mol. The van der Waals surface area contributed by atoms with Crippen molar-refractivity contribution in [1.29, 1.82) is 0 Å². The SMILES string of the molecule is Nc1cc(F)ccc1Cc1ccccc1Cl. The summed E-state index contributed by atoms with van der Waals surface area (Å²) in [6, 6.07) is 12.0. The highest BCUT2D eigenvalue weighted by Gasteiger charge is 2.04. The number of halogens is 2. The number of hydrogen-bond donors (Lipinski definition) is 1. The molecule has 0 unspecified atom stereocenters. The van der Waals surface area contributed by atoms with Crippen molar-refractivity contribution in [2.75, 3.05) is 5.73 Å². The van der Waals surface area contributed by atoms with E-state index in [-0.39, 0.29) is 5.82 Å². The van der Waals surface area contributed by atoms with Crippen LogP contribution in [0.25, 0.3) is 0 Å². The molecule has 2 rings (SSSR count). The van der Waals surface area contributed by atoms with Gasteiger partial charge in [-0.05, 0) is 29.3 Å². The van der Waals surface area contributed by atoms with Gasteiger partial charge in [0.05, 0.1) is 0 Å². The summed E-state index contributed by atoms with van der Waals surface area (Å²) in [5.74, 6) is -0.319. The van der Waals surface area contributed by atoms with Gasteiger partial charge in [0.2, 0.25) is 0 Å². The fourth-order valence-corrected chi connectivity index (χ4v) is 1.78. The molecule has 0 amide bonds. The second-order valence-corrected chi connectivity index (χ2v) is 4.02. The number of rotatable bonds is 2. The van der Waals surface area contributed by atoms with E-state index in [4.69, 9.17) is 17.3 Å². The first kappa shape index (κ1) is 11.0. The maximum atomic E-state index is 12.9. The monoisotopic (exact) mass is 235 g/mol. The molecule has 1 nitrogen and oxygen atoms in total. The van der Waals surface area contributed by atoms with Crippen LogP contribution in [0.4, 0.5) is 10.1 Å². The molecule has 0 saturated carbocycles. The Kier molecular flexibility index (Phi) is 3.11. The highest BCUT2D eigenvalue weighted by molar-refractivity contribution is 6.31. The van der Waals surface area contributed by atoms with E-state index < -0.39 is 0 Å². The fourth-order valence-electron chi connectivity index (χ4n) is 1.57. The smallest absolute Gasteiger partial charge is 0.125 e. The van der Waals surface area contributed by atoms with Crippen LogP contribution in [-0.2, 0) is 6.42 Å². The third-order valence-electron chi connectivity index (χ3n) is 2.45. The van der Waals surface area contributed by atoms with Crippen molar-refractivity contribution in [3.05, 3.63) is 64.4 Å². The van der Waals surface area contributed by atoms with Gasteiger partial charge in [-0.2, -0.15) is 0 Å². The molecule has 2 aromatic carbocycles. The molecular weight excluding hydrogens is 225 g/mol. The molecule has 82 valence electrons. The lowest BCUT2D eigenvalue weighted by molar-refractivity contribution is 0.628. The van der Waals surface area contributed by atoms with Crippen LogP contribution in [0.5, 0.6) is 0 Å². The maximum Gasteiger partial charge on any atom is 0.125 e. The van der Waals surface area contributed by atoms with Crippen molar-refractivity contribution in [1.82, 2.24) is 0 Å². The van der Waals surface area contributed by atoms with Crippen molar-refractivity contribution >= 4 is 17.3 Å². The van der Waals surface area contributed by atoms with Gasteiger partial charge >= 0.3 is 0 Å². The van der Waals surface area contributed by atoms with Crippen LogP contribution in [0.3, 0.4) is 0 Å². The van der Waals surface area contributed by atoms with Gasteiger partial charge in [-0.3, -0.25) is 0 Å². The van der Waals surface area contributed by atoms with E-state index in [2.05, 4.69) is 0 Å². The standard InChI is InChI=1S/C13H11ClFN/c14-12-4-2-1-3-9(12)7-10-5-6-11(15)8-13(10)16/h1-6,8H,7,16H2. The zero-order chi connectivity index (χ0) is 11.5. The van der Waals surface area contributed by atoms with E-state index in [0.29, 0.717) is 17.1 Å². The molecule has 0 heterocycles. The summed E-state index contributed by atoms with van der Waals surface area (Å²) in [6.45, 7) is 0. The summed E-state index contributed by atoms with van der Waals surface area (Å²) in [6.07, 6.45) is 0.617. The predicted octanol–water partition coefficient (Wildman–Crippen LogP) is 3.65. The third-order valence-corrected chi connectivity index (χ3v) is 2.82. The Morgan fingerprint density at radius 2 is 1.81 bits per heavy atom. The van der Waals surface area contributed by atoms with Crippen molar-refractivity contribution < 1.29 is 4.39 Å². The third kappa shape index (κ3) is 2.34. The van der Waals surface area contributed by atoms with Gasteiger partial charge in [0.15, 0.2) is 0 Å². The van der Waals surface area contributed by atoms with Crippen molar-refractivity contribution in [2.24, 2.45) is 0 Å². The fraction of sp³-hybridized carbons (Fsp3) is 0.0769. The van der Waals surface area contributed by atoms with Gasteiger partial charge in [-0.25, -0.2) is 4.39 Å². The van der Waals surface area contributed by atoms with Gasteiger partial charge < -0.3 is 5.73 Å². The van der Waals surface area contributed by atoms with Gasteiger partial charge in [-0.15, -0.1) is 0 Å². The molecule has 0 bridgehead atoms. The minimum Gasteiger partial charge on any atom is -0.398 e. The maximum absolute atomic E-state index is 12.9. The lowest BCUT2D eigenvalue weighted by Gasteiger charge is -2.07. The number of nitrogens with two attached hydrogens (primary N) is 1. The predicted molar refractivity (Wildman–Crippen MR) is 65.1 cm³/mol. The van der Waals surface area contributed by atoms with E-state index in [1.807, 2.05) is 24.3 Å². The number of nitrogen functional groups attached to an aromatic ring is 1. The minimum absolute atomic E-state index is 0.319. The normalized spacial score (nSPS) is 10.4. The molecule has 0 aromatic heterocycles. The second kappa shape index (κ2) is 4.54. The highest BCUT2D eigenvalue weighted by Crippen LogP contribution is 2.22. The summed E-state index contributed by atoms with van der Waals surface area (Å²) >= 11 is 6.04. The first-order chi connectivity index (χ1) is 7.66. The number of hydrogen-bond acceptors (Lipinski definition) is 1. The van der Waals surface area contributed by atoms with Gasteiger partial charge in [0, 0.05) is 17.1 Å². The Morgan fingerprint density at radius 3 is 2.50 bits per heavy atom. The van der Waals surface area contributed by atoms with Crippen LogP contribution in [0.1, 0.15) is 11.1 Å². The zero-order valence-corrected chi connectivity index (χ0v) is 9.34. The number of anilines is 1. The summed E-state index contributed by atoms with van der Waals surface area (Å²) in [7, 11) is 0.